The number of nitrogens with one attached hydrogen (secondary N) is 1. The van der Waals surface area contributed by atoms with Crippen LogP contribution in [-0.2, 0) is 4.74 Å². The molecule has 0 atom stereocenters. The third-order valence-corrected chi connectivity index (χ3v) is 4.88. The third-order valence-electron chi connectivity index (χ3n) is 4.48. The van der Waals surface area contributed by atoms with E-state index in [9.17, 15) is 19.2 Å². The lowest BCUT2D eigenvalue weighted by atomic mass is 9.83. The fraction of sp³-hybridized carbons (Fsp3) is 0.0476. The van der Waals surface area contributed by atoms with Crippen molar-refractivity contribution < 1.29 is 23.9 Å². The summed E-state index contributed by atoms with van der Waals surface area (Å²) in [6.07, 6.45) is 1.58. The molecule has 0 fully saturated rings. The van der Waals surface area contributed by atoms with Gasteiger partial charge in [0.1, 0.15) is 0 Å². The lowest BCUT2D eigenvalue weighted by Gasteiger charge is -2.19. The molecule has 0 aliphatic heterocycles. The van der Waals surface area contributed by atoms with Crippen molar-refractivity contribution in [3.05, 3.63) is 93.3 Å². The van der Waals surface area contributed by atoms with Crippen LogP contribution in [-0.4, -0.2) is 34.9 Å². The van der Waals surface area contributed by atoms with Crippen LogP contribution >= 0.6 is 11.6 Å². The number of esters is 1. The summed E-state index contributed by atoms with van der Waals surface area (Å²) in [4.78, 5) is 52.6. The molecular weight excluding hydrogens is 382 g/mol. The van der Waals surface area contributed by atoms with E-state index in [2.05, 4.69) is 4.98 Å². The first-order valence-corrected chi connectivity index (χ1v) is 8.71. The quantitative estimate of drug-likeness (QED) is 0.423. The Morgan fingerprint density at radius 1 is 0.893 bits per heavy atom. The van der Waals surface area contributed by atoms with Gasteiger partial charge in [0.15, 0.2) is 18.2 Å². The Hall–Kier alpha value is -3.51. The topological polar surface area (TPSA) is 93.3 Å². The molecule has 4 rings (SSSR count). The number of hydrogen-bond donors (Lipinski definition) is 1. The summed E-state index contributed by atoms with van der Waals surface area (Å²) in [7, 11) is 0. The monoisotopic (exact) mass is 393 g/mol. The highest BCUT2D eigenvalue weighted by atomic mass is 35.5. The molecule has 6 nitrogen and oxygen atoms in total. The molecule has 1 aromatic heterocycles. The Balaban J connectivity index is 1.64. The number of Topliss-reactive ketones (excluding diaryl/α,β-unsaturated/α-hetero) is 1. The highest BCUT2D eigenvalue weighted by molar-refractivity contribution is 6.41. The van der Waals surface area contributed by atoms with Gasteiger partial charge in [0, 0.05) is 22.9 Å². The summed E-state index contributed by atoms with van der Waals surface area (Å²) >= 11 is 6.30. The number of aromatic amines is 1. The summed E-state index contributed by atoms with van der Waals surface area (Å²) < 4.78 is 5.03. The van der Waals surface area contributed by atoms with Crippen LogP contribution in [0, 0.1) is 0 Å². The average molecular weight is 394 g/mol. The van der Waals surface area contributed by atoms with E-state index in [-0.39, 0.29) is 33.1 Å². The van der Waals surface area contributed by atoms with Gasteiger partial charge >= 0.3 is 5.97 Å². The van der Waals surface area contributed by atoms with Crippen LogP contribution in [0.4, 0.5) is 0 Å². The normalized spacial score (nSPS) is 12.3. The second kappa shape index (κ2) is 6.90. The van der Waals surface area contributed by atoms with E-state index in [1.54, 1.807) is 36.5 Å². The van der Waals surface area contributed by atoms with Gasteiger partial charge in [0.05, 0.1) is 21.8 Å². The van der Waals surface area contributed by atoms with Crippen LogP contribution in [0.25, 0.3) is 0 Å². The van der Waals surface area contributed by atoms with Crippen LogP contribution in [0.15, 0.2) is 54.7 Å². The Labute approximate surface area is 164 Å². The molecule has 0 radical (unpaired) electrons. The molecule has 0 amide bonds. The zero-order valence-electron chi connectivity index (χ0n) is 14.3. The van der Waals surface area contributed by atoms with Crippen molar-refractivity contribution in [2.75, 3.05) is 6.61 Å². The van der Waals surface area contributed by atoms with E-state index in [1.807, 2.05) is 0 Å². The number of ketones is 3. The van der Waals surface area contributed by atoms with E-state index in [1.165, 1.54) is 18.2 Å². The van der Waals surface area contributed by atoms with Crippen molar-refractivity contribution in [3.8, 4) is 0 Å². The van der Waals surface area contributed by atoms with Crippen molar-refractivity contribution in [1.29, 1.82) is 0 Å². The first-order valence-electron chi connectivity index (χ1n) is 8.33. The molecule has 138 valence electrons. The third kappa shape index (κ3) is 2.84. The van der Waals surface area contributed by atoms with Crippen LogP contribution in [0.3, 0.4) is 0 Å². The number of fused-ring (bicyclic) bond motifs is 2. The zero-order valence-corrected chi connectivity index (χ0v) is 15.1. The van der Waals surface area contributed by atoms with E-state index in [0.717, 1.165) is 0 Å². The van der Waals surface area contributed by atoms with Gasteiger partial charge in [0.25, 0.3) is 0 Å². The predicted molar refractivity (Wildman–Crippen MR) is 100 cm³/mol. The van der Waals surface area contributed by atoms with Crippen molar-refractivity contribution >= 4 is 34.9 Å². The van der Waals surface area contributed by atoms with Gasteiger partial charge in [-0.2, -0.15) is 0 Å². The van der Waals surface area contributed by atoms with E-state index in [0.29, 0.717) is 11.3 Å². The number of carbonyl (C=O) groups is 4. The highest BCUT2D eigenvalue weighted by Gasteiger charge is 2.33. The van der Waals surface area contributed by atoms with Gasteiger partial charge in [-0.25, -0.2) is 4.79 Å². The minimum atomic E-state index is -0.855. The minimum absolute atomic E-state index is 0.0319. The summed E-state index contributed by atoms with van der Waals surface area (Å²) in [6.45, 7) is -0.484. The smallest absolute Gasteiger partial charge is 0.340 e. The molecule has 3 aromatic rings. The van der Waals surface area contributed by atoms with Gasteiger partial charge < -0.3 is 9.72 Å². The molecule has 0 spiro atoms. The second-order valence-corrected chi connectivity index (χ2v) is 6.51. The first-order chi connectivity index (χ1) is 13.5. The molecule has 28 heavy (non-hydrogen) atoms. The summed E-state index contributed by atoms with van der Waals surface area (Å²) in [5.41, 5.74) is 0.849. The lowest BCUT2D eigenvalue weighted by molar-refractivity contribution is 0.0473. The summed E-state index contributed by atoms with van der Waals surface area (Å²) in [6, 6.07) is 12.3. The second-order valence-electron chi connectivity index (χ2n) is 6.14. The van der Waals surface area contributed by atoms with Crippen LogP contribution in [0.1, 0.15) is 52.7 Å². The molecule has 1 aliphatic rings. The number of carbonyl (C=O) groups excluding carboxylic acids is 4. The number of aromatic nitrogens is 1. The van der Waals surface area contributed by atoms with E-state index < -0.39 is 24.1 Å². The molecule has 1 heterocycles. The van der Waals surface area contributed by atoms with Crippen LogP contribution in [0.2, 0.25) is 5.02 Å². The molecular formula is C21H12ClNO5. The zero-order chi connectivity index (χ0) is 19.8. The Kier molecular flexibility index (Phi) is 4.41. The fourth-order valence-electron chi connectivity index (χ4n) is 3.09. The molecule has 0 saturated heterocycles. The largest absolute Gasteiger partial charge is 0.454 e. The maximum atomic E-state index is 12.8. The molecule has 0 saturated carbocycles. The predicted octanol–water partition coefficient (Wildman–Crippen LogP) is 3.48. The first kappa shape index (κ1) is 17.9. The van der Waals surface area contributed by atoms with E-state index >= 15 is 0 Å². The average Bonchev–Trinajstić information content (AvgIpc) is 3.25. The number of halogens is 1. The number of benzene rings is 2. The molecule has 0 bridgehead atoms. The van der Waals surface area contributed by atoms with Gasteiger partial charge in [0.2, 0.25) is 5.78 Å². The Bertz CT molecular complexity index is 1150. The molecule has 7 heteroatoms. The van der Waals surface area contributed by atoms with Crippen molar-refractivity contribution in [2.45, 2.75) is 0 Å². The maximum Gasteiger partial charge on any atom is 0.340 e. The van der Waals surface area contributed by atoms with Crippen molar-refractivity contribution in [2.24, 2.45) is 0 Å². The number of H-pyrrole nitrogens is 1. The fourth-order valence-corrected chi connectivity index (χ4v) is 3.42. The molecule has 1 N–H and O–H groups in total. The molecule has 2 aromatic carbocycles. The van der Waals surface area contributed by atoms with E-state index in [4.69, 9.17) is 16.3 Å². The van der Waals surface area contributed by atoms with Gasteiger partial charge in [-0.1, -0.05) is 35.9 Å². The SMILES string of the molecule is O=C(COC(=O)c1ccc2c(c1Cl)C(=O)c1ccccc1C2=O)c1ccc[nH]1. The lowest BCUT2D eigenvalue weighted by Crippen LogP contribution is -2.23. The summed E-state index contributed by atoms with van der Waals surface area (Å²) in [5.74, 6) is -2.04. The molecule has 1 aliphatic carbocycles. The maximum absolute atomic E-state index is 12.8. The number of hydrogen-bond acceptors (Lipinski definition) is 5. The Morgan fingerprint density at radius 2 is 1.61 bits per heavy atom. The number of rotatable bonds is 4. The van der Waals surface area contributed by atoms with Crippen LogP contribution < -0.4 is 0 Å². The standard InChI is InChI=1S/C21H12ClNO5/c22-18-14(21(27)28-10-16(24)15-6-3-9-23-15)8-7-13-17(18)20(26)12-5-2-1-4-11(12)19(13)25/h1-9,23H,10H2. The van der Waals surface area contributed by atoms with Crippen molar-refractivity contribution in [3.63, 3.8) is 0 Å². The van der Waals surface area contributed by atoms with Gasteiger partial charge in [-0.3, -0.25) is 14.4 Å². The van der Waals surface area contributed by atoms with Crippen LogP contribution in [0.5, 0.6) is 0 Å². The Morgan fingerprint density at radius 3 is 2.29 bits per heavy atom. The van der Waals surface area contributed by atoms with Gasteiger partial charge in [-0.05, 0) is 24.3 Å². The highest BCUT2D eigenvalue weighted by Crippen LogP contribution is 2.34. The number of ether oxygens (including phenoxy) is 1. The minimum Gasteiger partial charge on any atom is -0.454 e. The molecule has 0 unspecified atom stereocenters. The van der Waals surface area contributed by atoms with Crippen molar-refractivity contribution in [1.82, 2.24) is 4.98 Å². The van der Waals surface area contributed by atoms with Gasteiger partial charge in [-0.15, -0.1) is 0 Å². The summed E-state index contributed by atoms with van der Waals surface area (Å²) in [5, 5.41) is -0.164.